The summed E-state index contributed by atoms with van der Waals surface area (Å²) in [6.07, 6.45) is 3.97. The summed E-state index contributed by atoms with van der Waals surface area (Å²) in [6, 6.07) is 9.83. The average molecular weight is 261 g/mol. The summed E-state index contributed by atoms with van der Waals surface area (Å²) in [5.41, 5.74) is 1.79. The molecular weight excluding hydrogens is 246 g/mol. The molecule has 2 aromatic rings. The van der Waals surface area contributed by atoms with E-state index in [1.165, 1.54) is 0 Å². The van der Waals surface area contributed by atoms with Gasteiger partial charge in [0.15, 0.2) is 0 Å². The quantitative estimate of drug-likeness (QED) is 0.826. The van der Waals surface area contributed by atoms with Gasteiger partial charge in [-0.15, -0.1) is 0 Å². The van der Waals surface area contributed by atoms with Crippen LogP contribution in [0, 0.1) is 0 Å². The minimum atomic E-state index is -0.368. The lowest BCUT2D eigenvalue weighted by atomic mass is 10.1. The van der Waals surface area contributed by atoms with Gasteiger partial charge in [-0.3, -0.25) is 9.48 Å². The van der Waals surface area contributed by atoms with Gasteiger partial charge in [-0.2, -0.15) is 17.7 Å². The van der Waals surface area contributed by atoms with E-state index < -0.39 is 0 Å². The van der Waals surface area contributed by atoms with Crippen LogP contribution in [0.3, 0.4) is 0 Å². The summed E-state index contributed by atoms with van der Waals surface area (Å²) in [4.78, 5) is 11.9. The molecule has 4 nitrogen and oxygen atoms in total. The lowest BCUT2D eigenvalue weighted by Crippen LogP contribution is -2.25. The number of thiol groups is 1. The first-order valence-corrected chi connectivity index (χ1v) is 6.18. The molecule has 94 valence electrons. The standard InChI is InChI=1S/C13H15N3OS/c1-16-9-11(8-14-16)15-13(17)12(18)7-10-5-3-2-4-6-10/h2-6,8-9,12,18H,7H2,1H3,(H,15,17). The highest BCUT2D eigenvalue weighted by molar-refractivity contribution is 7.81. The molecule has 0 aliphatic carbocycles. The lowest BCUT2D eigenvalue weighted by Gasteiger charge is -2.10. The zero-order valence-corrected chi connectivity index (χ0v) is 11.0. The maximum absolute atomic E-state index is 11.9. The Kier molecular flexibility index (Phi) is 4.04. The molecule has 1 amide bonds. The summed E-state index contributed by atoms with van der Waals surface area (Å²) in [6.45, 7) is 0. The molecule has 1 aromatic heterocycles. The van der Waals surface area contributed by atoms with Crippen molar-refractivity contribution in [1.29, 1.82) is 0 Å². The maximum Gasteiger partial charge on any atom is 0.237 e. The SMILES string of the molecule is Cn1cc(NC(=O)C(S)Cc2ccccc2)cn1. The normalized spacial score (nSPS) is 12.1. The number of rotatable bonds is 4. The van der Waals surface area contributed by atoms with Crippen LogP contribution in [0.15, 0.2) is 42.7 Å². The van der Waals surface area contributed by atoms with Gasteiger partial charge in [0.05, 0.1) is 17.1 Å². The predicted molar refractivity (Wildman–Crippen MR) is 74.8 cm³/mol. The molecule has 18 heavy (non-hydrogen) atoms. The Morgan fingerprint density at radius 1 is 1.44 bits per heavy atom. The largest absolute Gasteiger partial charge is 0.322 e. The Hall–Kier alpha value is -1.75. The van der Waals surface area contributed by atoms with Crippen molar-refractivity contribution < 1.29 is 4.79 Å². The molecule has 1 heterocycles. The first-order valence-electron chi connectivity index (χ1n) is 5.66. The number of aryl methyl sites for hydroxylation is 1. The number of nitrogens with one attached hydrogen (secondary N) is 1. The third-order valence-corrected chi connectivity index (χ3v) is 2.96. The van der Waals surface area contributed by atoms with E-state index in [-0.39, 0.29) is 11.2 Å². The monoisotopic (exact) mass is 261 g/mol. The number of anilines is 1. The number of hydrogen-bond acceptors (Lipinski definition) is 3. The topological polar surface area (TPSA) is 46.9 Å². The van der Waals surface area contributed by atoms with Gasteiger partial charge < -0.3 is 5.32 Å². The number of carbonyl (C=O) groups excluding carboxylic acids is 1. The summed E-state index contributed by atoms with van der Waals surface area (Å²) < 4.78 is 1.64. The Morgan fingerprint density at radius 3 is 2.78 bits per heavy atom. The second kappa shape index (κ2) is 5.73. The molecule has 2 rings (SSSR count). The van der Waals surface area contributed by atoms with Crippen LogP contribution in [0.4, 0.5) is 5.69 Å². The zero-order chi connectivity index (χ0) is 13.0. The van der Waals surface area contributed by atoms with Crippen LogP contribution in [0.5, 0.6) is 0 Å². The third kappa shape index (κ3) is 3.37. The molecule has 1 N–H and O–H groups in total. The number of hydrogen-bond donors (Lipinski definition) is 2. The minimum absolute atomic E-state index is 0.116. The first kappa shape index (κ1) is 12.7. The smallest absolute Gasteiger partial charge is 0.237 e. The molecule has 0 spiro atoms. The predicted octanol–water partition coefficient (Wildman–Crippen LogP) is 1.90. The van der Waals surface area contributed by atoms with Crippen molar-refractivity contribution >= 4 is 24.2 Å². The van der Waals surface area contributed by atoms with Crippen LogP contribution < -0.4 is 5.32 Å². The number of benzene rings is 1. The third-order valence-electron chi connectivity index (χ3n) is 2.55. The average Bonchev–Trinajstić information content (AvgIpc) is 2.76. The van der Waals surface area contributed by atoms with E-state index in [1.54, 1.807) is 24.1 Å². The Bertz CT molecular complexity index is 524. The van der Waals surface area contributed by atoms with Crippen LogP contribution in [0.1, 0.15) is 5.56 Å². The first-order chi connectivity index (χ1) is 8.65. The Balaban J connectivity index is 1.93. The van der Waals surface area contributed by atoms with Crippen LogP contribution in [0.25, 0.3) is 0 Å². The summed E-state index contributed by atoms with van der Waals surface area (Å²) >= 11 is 4.33. The van der Waals surface area contributed by atoms with E-state index in [1.807, 2.05) is 30.3 Å². The van der Waals surface area contributed by atoms with Crippen molar-refractivity contribution in [2.24, 2.45) is 7.05 Å². The number of amides is 1. The van der Waals surface area contributed by atoms with Gasteiger partial charge in [-0.05, 0) is 12.0 Å². The number of aromatic nitrogens is 2. The van der Waals surface area contributed by atoms with Gasteiger partial charge in [-0.25, -0.2) is 0 Å². The fourth-order valence-electron chi connectivity index (χ4n) is 1.64. The second-order valence-corrected chi connectivity index (χ2v) is 4.72. The van der Waals surface area contributed by atoms with E-state index in [4.69, 9.17) is 0 Å². The van der Waals surface area contributed by atoms with Gasteiger partial charge in [-0.1, -0.05) is 30.3 Å². The fourth-order valence-corrected chi connectivity index (χ4v) is 1.92. The number of carbonyl (C=O) groups is 1. The highest BCUT2D eigenvalue weighted by Gasteiger charge is 2.15. The highest BCUT2D eigenvalue weighted by Crippen LogP contribution is 2.11. The van der Waals surface area contributed by atoms with E-state index in [9.17, 15) is 4.79 Å². The van der Waals surface area contributed by atoms with E-state index in [2.05, 4.69) is 23.0 Å². The molecule has 0 aliphatic rings. The summed E-state index contributed by atoms with van der Waals surface area (Å²) in [7, 11) is 1.80. The molecule has 0 bridgehead atoms. The van der Waals surface area contributed by atoms with Crippen LogP contribution >= 0.6 is 12.6 Å². The van der Waals surface area contributed by atoms with Crippen molar-refractivity contribution in [2.45, 2.75) is 11.7 Å². The molecule has 0 aliphatic heterocycles. The van der Waals surface area contributed by atoms with Crippen molar-refractivity contribution in [3.63, 3.8) is 0 Å². The molecule has 0 radical (unpaired) electrons. The van der Waals surface area contributed by atoms with Crippen LogP contribution in [-0.2, 0) is 18.3 Å². The van der Waals surface area contributed by atoms with Crippen molar-refractivity contribution in [1.82, 2.24) is 9.78 Å². The lowest BCUT2D eigenvalue weighted by molar-refractivity contribution is -0.115. The number of nitrogens with zero attached hydrogens (tertiary/aromatic N) is 2. The molecule has 5 heteroatoms. The molecule has 1 unspecified atom stereocenters. The molecule has 0 fully saturated rings. The Morgan fingerprint density at radius 2 is 2.17 bits per heavy atom. The molecule has 1 aromatic carbocycles. The van der Waals surface area contributed by atoms with Gasteiger partial charge >= 0.3 is 0 Å². The maximum atomic E-state index is 11.9. The van der Waals surface area contributed by atoms with Gasteiger partial charge in [0.2, 0.25) is 5.91 Å². The van der Waals surface area contributed by atoms with Crippen LogP contribution in [0.2, 0.25) is 0 Å². The summed E-state index contributed by atoms with van der Waals surface area (Å²) in [5, 5.41) is 6.41. The van der Waals surface area contributed by atoms with Gasteiger partial charge in [0.25, 0.3) is 0 Å². The highest BCUT2D eigenvalue weighted by atomic mass is 32.1. The Labute approximate surface area is 111 Å². The molecule has 0 saturated heterocycles. The molecule has 1 atom stereocenters. The van der Waals surface area contributed by atoms with Gasteiger partial charge in [0, 0.05) is 13.2 Å². The fraction of sp³-hybridized carbons (Fsp3) is 0.231. The van der Waals surface area contributed by atoms with Crippen LogP contribution in [-0.4, -0.2) is 20.9 Å². The van der Waals surface area contributed by atoms with Crippen molar-refractivity contribution in [3.8, 4) is 0 Å². The van der Waals surface area contributed by atoms with Gasteiger partial charge in [0.1, 0.15) is 0 Å². The van der Waals surface area contributed by atoms with Crippen molar-refractivity contribution in [3.05, 3.63) is 48.3 Å². The van der Waals surface area contributed by atoms with E-state index >= 15 is 0 Å². The van der Waals surface area contributed by atoms with E-state index in [0.29, 0.717) is 12.1 Å². The zero-order valence-electron chi connectivity index (χ0n) is 10.1. The summed E-state index contributed by atoms with van der Waals surface area (Å²) in [5.74, 6) is -0.116. The molecular formula is C13H15N3OS. The minimum Gasteiger partial charge on any atom is -0.322 e. The second-order valence-electron chi connectivity index (χ2n) is 4.10. The van der Waals surface area contributed by atoms with Crippen molar-refractivity contribution in [2.75, 3.05) is 5.32 Å². The molecule has 0 saturated carbocycles. The van der Waals surface area contributed by atoms with E-state index in [0.717, 1.165) is 5.56 Å².